The van der Waals surface area contributed by atoms with Gasteiger partial charge in [0.1, 0.15) is 11.3 Å². The molecule has 1 heterocycles. The molecule has 2 aromatic rings. The maximum Gasteiger partial charge on any atom is 0.325 e. The van der Waals surface area contributed by atoms with Gasteiger partial charge in [-0.3, -0.25) is 14.5 Å². The highest BCUT2D eigenvalue weighted by Crippen LogP contribution is 2.27. The monoisotopic (exact) mass is 380 g/mol. The smallest absolute Gasteiger partial charge is 0.325 e. The number of aryl methyl sites for hydroxylation is 1. The fraction of sp³-hybridized carbons (Fsp3) is 0.318. The van der Waals surface area contributed by atoms with Gasteiger partial charge in [0.25, 0.3) is 5.91 Å². The van der Waals surface area contributed by atoms with Gasteiger partial charge in [0.15, 0.2) is 5.78 Å². The second kappa shape index (κ2) is 8.25. The van der Waals surface area contributed by atoms with Crippen LogP contribution in [0, 0.1) is 0 Å². The lowest BCUT2D eigenvalue weighted by Crippen LogP contribution is -2.44. The minimum Gasteiger partial charge on any atom is -0.494 e. The molecule has 0 radical (unpaired) electrons. The molecule has 6 nitrogen and oxygen atoms in total. The Hall–Kier alpha value is -3.15. The Morgan fingerprint density at radius 2 is 1.75 bits per heavy atom. The number of hydrogen-bond acceptors (Lipinski definition) is 4. The molecular formula is C22H24N2O4. The van der Waals surface area contributed by atoms with Crippen molar-refractivity contribution in [1.82, 2.24) is 10.2 Å². The van der Waals surface area contributed by atoms with Gasteiger partial charge in [0, 0.05) is 5.56 Å². The number of carbonyl (C=O) groups is 3. The maximum absolute atomic E-state index is 12.9. The zero-order valence-electron chi connectivity index (χ0n) is 16.1. The first-order valence-corrected chi connectivity index (χ1v) is 9.37. The van der Waals surface area contributed by atoms with E-state index in [9.17, 15) is 14.4 Å². The van der Waals surface area contributed by atoms with Gasteiger partial charge >= 0.3 is 6.03 Å². The number of benzene rings is 2. The van der Waals surface area contributed by atoms with E-state index in [1.807, 2.05) is 37.3 Å². The van der Waals surface area contributed by atoms with E-state index in [0.29, 0.717) is 25.0 Å². The number of para-hydroxylation sites is 1. The number of ketones is 1. The van der Waals surface area contributed by atoms with Crippen LogP contribution in [0.2, 0.25) is 0 Å². The summed E-state index contributed by atoms with van der Waals surface area (Å²) in [5.74, 6) is 0.132. The second-order valence-electron chi connectivity index (χ2n) is 6.98. The molecule has 6 heteroatoms. The summed E-state index contributed by atoms with van der Waals surface area (Å²) in [5.41, 5.74) is 0.404. The van der Waals surface area contributed by atoms with Crippen molar-refractivity contribution >= 4 is 17.7 Å². The number of Topliss-reactive ketones (excluding diaryl/α,β-unsaturated/α-hetero) is 1. The Morgan fingerprint density at radius 1 is 1.07 bits per heavy atom. The van der Waals surface area contributed by atoms with E-state index in [1.54, 1.807) is 31.2 Å². The quantitative estimate of drug-likeness (QED) is 0.564. The number of carbonyl (C=O) groups excluding carboxylic acids is 3. The van der Waals surface area contributed by atoms with Crippen LogP contribution in [0.3, 0.4) is 0 Å². The molecular weight excluding hydrogens is 356 g/mol. The van der Waals surface area contributed by atoms with Gasteiger partial charge in [-0.05, 0) is 38.3 Å². The van der Waals surface area contributed by atoms with E-state index < -0.39 is 11.6 Å². The molecule has 3 amide bonds. The van der Waals surface area contributed by atoms with E-state index in [2.05, 4.69) is 5.32 Å². The summed E-state index contributed by atoms with van der Waals surface area (Å²) in [6.45, 7) is 3.91. The fourth-order valence-corrected chi connectivity index (χ4v) is 3.31. The number of nitrogens with one attached hydrogen (secondary N) is 1. The molecule has 0 bridgehead atoms. The first kappa shape index (κ1) is 19.6. The number of imide groups is 1. The SMILES string of the molecule is CCOc1ccccc1CCC1(C)NC(=O)N(CC(=O)c2ccccc2)C1=O. The highest BCUT2D eigenvalue weighted by molar-refractivity contribution is 6.11. The van der Waals surface area contributed by atoms with E-state index >= 15 is 0 Å². The summed E-state index contributed by atoms with van der Waals surface area (Å²) in [4.78, 5) is 38.7. The molecule has 28 heavy (non-hydrogen) atoms. The van der Waals surface area contributed by atoms with Gasteiger partial charge in [0.2, 0.25) is 0 Å². The van der Waals surface area contributed by atoms with Crippen LogP contribution < -0.4 is 10.1 Å². The van der Waals surface area contributed by atoms with Gasteiger partial charge in [-0.15, -0.1) is 0 Å². The third kappa shape index (κ3) is 4.06. The fourth-order valence-electron chi connectivity index (χ4n) is 3.31. The molecule has 1 N–H and O–H groups in total. The van der Waals surface area contributed by atoms with Crippen LogP contribution in [0.5, 0.6) is 5.75 Å². The molecule has 0 aliphatic carbocycles. The van der Waals surface area contributed by atoms with Crippen molar-refractivity contribution in [1.29, 1.82) is 0 Å². The van der Waals surface area contributed by atoms with Crippen LogP contribution in [0.4, 0.5) is 4.79 Å². The van der Waals surface area contributed by atoms with Crippen molar-refractivity contribution in [2.45, 2.75) is 32.2 Å². The van der Waals surface area contributed by atoms with Crippen molar-refractivity contribution in [3.63, 3.8) is 0 Å². The van der Waals surface area contributed by atoms with Crippen LogP contribution >= 0.6 is 0 Å². The molecule has 0 spiro atoms. The first-order chi connectivity index (χ1) is 13.4. The topological polar surface area (TPSA) is 75.7 Å². The van der Waals surface area contributed by atoms with E-state index in [4.69, 9.17) is 4.74 Å². The highest BCUT2D eigenvalue weighted by Gasteiger charge is 2.47. The van der Waals surface area contributed by atoms with E-state index in [0.717, 1.165) is 16.2 Å². The van der Waals surface area contributed by atoms with Crippen LogP contribution in [-0.2, 0) is 11.2 Å². The van der Waals surface area contributed by atoms with E-state index in [1.165, 1.54) is 0 Å². The Morgan fingerprint density at radius 3 is 2.46 bits per heavy atom. The van der Waals surface area contributed by atoms with Crippen molar-refractivity contribution in [3.05, 3.63) is 65.7 Å². The summed E-state index contributed by atoms with van der Waals surface area (Å²) in [7, 11) is 0. The minimum absolute atomic E-state index is 0.264. The Balaban J connectivity index is 1.69. The van der Waals surface area contributed by atoms with Gasteiger partial charge in [-0.25, -0.2) is 4.79 Å². The highest BCUT2D eigenvalue weighted by atomic mass is 16.5. The van der Waals surface area contributed by atoms with Crippen LogP contribution in [0.15, 0.2) is 54.6 Å². The third-order valence-corrected chi connectivity index (χ3v) is 4.91. The molecule has 1 fully saturated rings. The summed E-state index contributed by atoms with van der Waals surface area (Å²) < 4.78 is 5.63. The first-order valence-electron chi connectivity index (χ1n) is 9.37. The van der Waals surface area contributed by atoms with Gasteiger partial charge in [0.05, 0.1) is 13.2 Å². The minimum atomic E-state index is -1.05. The standard InChI is InChI=1S/C22H24N2O4/c1-3-28-19-12-8-7-11-17(19)13-14-22(2)20(26)24(21(27)23-22)15-18(25)16-9-5-4-6-10-16/h4-12H,3,13-15H2,1-2H3,(H,23,27). The number of hydrogen-bond donors (Lipinski definition) is 1. The molecule has 1 aliphatic rings. The maximum atomic E-state index is 12.9. The number of urea groups is 1. The lowest BCUT2D eigenvalue weighted by atomic mass is 9.93. The molecule has 0 saturated carbocycles. The predicted molar refractivity (Wildman–Crippen MR) is 105 cm³/mol. The third-order valence-electron chi connectivity index (χ3n) is 4.91. The molecule has 146 valence electrons. The van der Waals surface area contributed by atoms with Crippen LogP contribution in [0.1, 0.15) is 36.2 Å². The van der Waals surface area contributed by atoms with Crippen molar-refractivity contribution in [3.8, 4) is 5.75 Å². The Bertz CT molecular complexity index is 881. The summed E-state index contributed by atoms with van der Waals surface area (Å²) >= 11 is 0. The van der Waals surface area contributed by atoms with Gasteiger partial charge in [-0.1, -0.05) is 48.5 Å². The normalized spacial score (nSPS) is 18.9. The van der Waals surface area contributed by atoms with Crippen LogP contribution in [0.25, 0.3) is 0 Å². The van der Waals surface area contributed by atoms with Crippen molar-refractivity contribution in [2.24, 2.45) is 0 Å². The average Bonchev–Trinajstić information content (AvgIpc) is 2.91. The Kier molecular flexibility index (Phi) is 5.78. The van der Waals surface area contributed by atoms with E-state index in [-0.39, 0.29) is 18.2 Å². The number of nitrogens with zero attached hydrogens (tertiary/aromatic N) is 1. The lowest BCUT2D eigenvalue weighted by molar-refractivity contribution is -0.130. The molecule has 1 aliphatic heterocycles. The number of rotatable bonds is 8. The summed E-state index contributed by atoms with van der Waals surface area (Å²) in [5, 5.41) is 2.75. The summed E-state index contributed by atoms with van der Waals surface area (Å²) in [6.07, 6.45) is 0.983. The zero-order chi connectivity index (χ0) is 20.1. The van der Waals surface area contributed by atoms with Crippen molar-refractivity contribution < 1.29 is 19.1 Å². The second-order valence-corrected chi connectivity index (χ2v) is 6.98. The average molecular weight is 380 g/mol. The molecule has 1 unspecified atom stereocenters. The molecule has 0 aromatic heterocycles. The zero-order valence-corrected chi connectivity index (χ0v) is 16.1. The Labute approximate surface area is 164 Å². The predicted octanol–water partition coefficient (Wildman–Crippen LogP) is 3.21. The van der Waals surface area contributed by atoms with Crippen molar-refractivity contribution in [2.75, 3.05) is 13.2 Å². The largest absolute Gasteiger partial charge is 0.494 e. The van der Waals surface area contributed by atoms with Crippen LogP contribution in [-0.4, -0.2) is 41.3 Å². The summed E-state index contributed by atoms with van der Waals surface area (Å²) in [6, 6.07) is 15.8. The molecule has 1 saturated heterocycles. The number of ether oxygens (including phenoxy) is 1. The van der Waals surface area contributed by atoms with Gasteiger partial charge < -0.3 is 10.1 Å². The molecule has 3 rings (SSSR count). The molecule has 1 atom stereocenters. The molecule has 2 aromatic carbocycles. The lowest BCUT2D eigenvalue weighted by Gasteiger charge is -2.22. The van der Waals surface area contributed by atoms with Gasteiger partial charge in [-0.2, -0.15) is 0 Å². The number of amides is 3.